The molecule has 2 N–H and O–H groups in total. The monoisotopic (exact) mass is 298 g/mol. The highest BCUT2D eigenvalue weighted by Crippen LogP contribution is 2.17. The van der Waals surface area contributed by atoms with Crippen LogP contribution in [-0.4, -0.2) is 35.0 Å². The number of aromatic nitrogens is 2. The van der Waals surface area contributed by atoms with E-state index < -0.39 is 0 Å². The fourth-order valence-corrected chi connectivity index (χ4v) is 2.35. The Morgan fingerprint density at radius 1 is 1.32 bits per heavy atom. The Balaban J connectivity index is 1.67. The average Bonchev–Trinajstić information content (AvgIpc) is 3.07. The molecule has 0 radical (unpaired) electrons. The molecule has 2 aromatic rings. The van der Waals surface area contributed by atoms with Gasteiger partial charge in [0, 0.05) is 31.2 Å². The highest BCUT2D eigenvalue weighted by molar-refractivity contribution is 5.95. The number of nitrogens with zero attached hydrogens (tertiary/aromatic N) is 2. The van der Waals surface area contributed by atoms with E-state index in [0.29, 0.717) is 18.1 Å². The molecule has 0 saturated carbocycles. The van der Waals surface area contributed by atoms with E-state index in [1.165, 1.54) is 0 Å². The Morgan fingerprint density at radius 3 is 2.95 bits per heavy atom. The molecule has 0 aromatic carbocycles. The molecule has 0 bridgehead atoms. The summed E-state index contributed by atoms with van der Waals surface area (Å²) in [5.74, 6) is 0.293. The van der Waals surface area contributed by atoms with Crippen LogP contribution in [0.1, 0.15) is 22.5 Å². The van der Waals surface area contributed by atoms with Gasteiger partial charge in [0.15, 0.2) is 11.4 Å². The summed E-state index contributed by atoms with van der Waals surface area (Å²) >= 11 is 0. The molecule has 6 heteroatoms. The van der Waals surface area contributed by atoms with E-state index in [4.69, 9.17) is 4.74 Å². The molecule has 3 rings (SSSR count). The van der Waals surface area contributed by atoms with Gasteiger partial charge in [0.1, 0.15) is 6.61 Å². The predicted molar refractivity (Wildman–Crippen MR) is 81.5 cm³/mol. The van der Waals surface area contributed by atoms with Crippen molar-refractivity contribution in [3.63, 3.8) is 0 Å². The van der Waals surface area contributed by atoms with Crippen molar-refractivity contribution < 1.29 is 9.53 Å². The van der Waals surface area contributed by atoms with Gasteiger partial charge in [-0.1, -0.05) is 0 Å². The highest BCUT2D eigenvalue weighted by atomic mass is 16.5. The van der Waals surface area contributed by atoms with Crippen LogP contribution in [0.3, 0.4) is 0 Å². The molecule has 1 aliphatic heterocycles. The molecule has 22 heavy (non-hydrogen) atoms. The van der Waals surface area contributed by atoms with Crippen LogP contribution in [0, 0.1) is 0 Å². The van der Waals surface area contributed by atoms with Gasteiger partial charge in [-0.25, -0.2) is 4.98 Å². The van der Waals surface area contributed by atoms with Gasteiger partial charge in [0.2, 0.25) is 0 Å². The first kappa shape index (κ1) is 14.5. The molecule has 1 amide bonds. The first-order chi connectivity index (χ1) is 10.8. The standard InChI is InChI=1S/C16H18N4O2/c21-16(20-13-5-9-18-10-13)15-14(2-1-6-19-15)22-11-12-3-7-17-8-4-12/h1-4,6-8,13,18H,5,9-11H2,(H,20,21). The number of hydrogen-bond acceptors (Lipinski definition) is 5. The molecule has 0 spiro atoms. The molecule has 6 nitrogen and oxygen atoms in total. The quantitative estimate of drug-likeness (QED) is 0.866. The van der Waals surface area contributed by atoms with Crippen LogP contribution in [0.5, 0.6) is 5.75 Å². The third-order valence-electron chi connectivity index (χ3n) is 3.52. The fourth-order valence-electron chi connectivity index (χ4n) is 2.35. The lowest BCUT2D eigenvalue weighted by molar-refractivity contribution is 0.0930. The number of ether oxygens (including phenoxy) is 1. The summed E-state index contributed by atoms with van der Waals surface area (Å²) in [6, 6.07) is 7.43. The summed E-state index contributed by atoms with van der Waals surface area (Å²) in [5, 5.41) is 6.20. The second kappa shape index (κ2) is 7.00. The van der Waals surface area contributed by atoms with Crippen molar-refractivity contribution in [3.8, 4) is 5.75 Å². The number of carbonyl (C=O) groups excluding carboxylic acids is 1. The number of rotatable bonds is 5. The predicted octanol–water partition coefficient (Wildman–Crippen LogP) is 1.15. The molecule has 2 aromatic heterocycles. The van der Waals surface area contributed by atoms with Gasteiger partial charge in [0.05, 0.1) is 0 Å². The van der Waals surface area contributed by atoms with Crippen LogP contribution in [0.25, 0.3) is 0 Å². The Labute approximate surface area is 128 Å². The smallest absolute Gasteiger partial charge is 0.274 e. The van der Waals surface area contributed by atoms with Crippen LogP contribution in [0.2, 0.25) is 0 Å². The second-order valence-corrected chi connectivity index (χ2v) is 5.16. The maximum absolute atomic E-state index is 12.3. The maximum Gasteiger partial charge on any atom is 0.274 e. The molecule has 3 heterocycles. The van der Waals surface area contributed by atoms with Gasteiger partial charge < -0.3 is 15.4 Å². The van der Waals surface area contributed by atoms with Crippen molar-refractivity contribution >= 4 is 5.91 Å². The molecule has 0 aliphatic carbocycles. The van der Waals surface area contributed by atoms with Crippen LogP contribution in [-0.2, 0) is 6.61 Å². The van der Waals surface area contributed by atoms with Crippen molar-refractivity contribution in [3.05, 3.63) is 54.1 Å². The minimum absolute atomic E-state index is 0.155. The zero-order valence-electron chi connectivity index (χ0n) is 12.2. The van der Waals surface area contributed by atoms with Crippen molar-refractivity contribution in [2.75, 3.05) is 13.1 Å². The van der Waals surface area contributed by atoms with E-state index in [9.17, 15) is 4.79 Å². The minimum Gasteiger partial charge on any atom is -0.486 e. The zero-order chi connectivity index (χ0) is 15.2. The van der Waals surface area contributed by atoms with E-state index in [2.05, 4.69) is 20.6 Å². The van der Waals surface area contributed by atoms with Gasteiger partial charge >= 0.3 is 0 Å². The van der Waals surface area contributed by atoms with Crippen LogP contribution >= 0.6 is 0 Å². The summed E-state index contributed by atoms with van der Waals surface area (Å²) in [6.45, 7) is 2.10. The molecule has 1 aliphatic rings. The van der Waals surface area contributed by atoms with Gasteiger partial charge in [-0.2, -0.15) is 0 Å². The van der Waals surface area contributed by atoms with Gasteiger partial charge in [-0.05, 0) is 42.8 Å². The number of hydrogen-bond donors (Lipinski definition) is 2. The van der Waals surface area contributed by atoms with Gasteiger partial charge in [-0.3, -0.25) is 9.78 Å². The normalized spacial score (nSPS) is 17.2. The maximum atomic E-state index is 12.3. The summed E-state index contributed by atoms with van der Waals surface area (Å²) < 4.78 is 5.74. The van der Waals surface area contributed by atoms with Crippen LogP contribution in [0.4, 0.5) is 0 Å². The third-order valence-corrected chi connectivity index (χ3v) is 3.52. The van der Waals surface area contributed by atoms with E-state index >= 15 is 0 Å². The number of carbonyl (C=O) groups is 1. The van der Waals surface area contributed by atoms with E-state index in [0.717, 1.165) is 25.1 Å². The number of nitrogens with one attached hydrogen (secondary N) is 2. The van der Waals surface area contributed by atoms with Crippen molar-refractivity contribution in [1.29, 1.82) is 0 Å². The molecule has 1 fully saturated rings. The van der Waals surface area contributed by atoms with E-state index in [1.54, 1.807) is 30.7 Å². The van der Waals surface area contributed by atoms with Crippen molar-refractivity contribution in [1.82, 2.24) is 20.6 Å². The molecule has 114 valence electrons. The molecular weight excluding hydrogens is 280 g/mol. The van der Waals surface area contributed by atoms with Crippen molar-refractivity contribution in [2.24, 2.45) is 0 Å². The Kier molecular flexibility index (Phi) is 4.60. The topological polar surface area (TPSA) is 76.1 Å². The summed E-state index contributed by atoms with van der Waals surface area (Å²) in [7, 11) is 0. The molecule has 1 atom stereocenters. The minimum atomic E-state index is -0.195. The molecule has 1 unspecified atom stereocenters. The number of amides is 1. The van der Waals surface area contributed by atoms with E-state index in [-0.39, 0.29) is 11.9 Å². The lowest BCUT2D eigenvalue weighted by Crippen LogP contribution is -2.36. The van der Waals surface area contributed by atoms with Gasteiger partial charge in [0.25, 0.3) is 5.91 Å². The first-order valence-corrected chi connectivity index (χ1v) is 7.31. The van der Waals surface area contributed by atoms with Gasteiger partial charge in [-0.15, -0.1) is 0 Å². The zero-order valence-corrected chi connectivity index (χ0v) is 12.2. The lowest BCUT2D eigenvalue weighted by Gasteiger charge is -2.13. The van der Waals surface area contributed by atoms with E-state index in [1.807, 2.05) is 12.1 Å². The highest BCUT2D eigenvalue weighted by Gasteiger charge is 2.20. The SMILES string of the molecule is O=C(NC1CCNC1)c1ncccc1OCc1ccncc1. The largest absolute Gasteiger partial charge is 0.486 e. The summed E-state index contributed by atoms with van der Waals surface area (Å²) in [6.07, 6.45) is 5.96. The summed E-state index contributed by atoms with van der Waals surface area (Å²) in [5.41, 5.74) is 1.31. The van der Waals surface area contributed by atoms with Crippen LogP contribution < -0.4 is 15.4 Å². The van der Waals surface area contributed by atoms with Crippen molar-refractivity contribution in [2.45, 2.75) is 19.1 Å². The fraction of sp³-hybridized carbons (Fsp3) is 0.312. The Bertz CT molecular complexity index is 627. The molecule has 1 saturated heterocycles. The van der Waals surface area contributed by atoms with Crippen LogP contribution in [0.15, 0.2) is 42.9 Å². The Hall–Kier alpha value is -2.47. The Morgan fingerprint density at radius 2 is 2.18 bits per heavy atom. The second-order valence-electron chi connectivity index (χ2n) is 5.16. The first-order valence-electron chi connectivity index (χ1n) is 7.31. The average molecular weight is 298 g/mol. The number of pyridine rings is 2. The summed E-state index contributed by atoms with van der Waals surface area (Å²) in [4.78, 5) is 20.5. The molecular formula is C16H18N4O2. The lowest BCUT2D eigenvalue weighted by atomic mass is 10.2. The third kappa shape index (κ3) is 3.59.